The minimum Gasteiger partial charge on any atom is -0.366 e. The van der Waals surface area contributed by atoms with Gasteiger partial charge in [0.1, 0.15) is 10.8 Å². The van der Waals surface area contributed by atoms with Crippen molar-refractivity contribution in [3.8, 4) is 10.4 Å². The van der Waals surface area contributed by atoms with Gasteiger partial charge in [-0.15, -0.1) is 11.3 Å². The molecular formula is C15H17N5O2S. The number of carbonyl (C=O) groups excluding carboxylic acids is 2. The van der Waals surface area contributed by atoms with E-state index in [2.05, 4.69) is 15.2 Å². The third-order valence-electron chi connectivity index (χ3n) is 3.70. The van der Waals surface area contributed by atoms with Crippen LogP contribution < -0.4 is 21.7 Å². The summed E-state index contributed by atoms with van der Waals surface area (Å²) in [6.45, 7) is 2.06. The van der Waals surface area contributed by atoms with Crippen LogP contribution in [0.25, 0.3) is 10.4 Å². The summed E-state index contributed by atoms with van der Waals surface area (Å²) in [6.07, 6.45) is 4.15. The molecule has 0 bridgehead atoms. The average molecular weight is 331 g/mol. The molecule has 3 rings (SSSR count). The molecule has 23 heavy (non-hydrogen) atoms. The third-order valence-corrected chi connectivity index (χ3v) is 4.80. The van der Waals surface area contributed by atoms with E-state index in [9.17, 15) is 9.59 Å². The second-order valence-electron chi connectivity index (χ2n) is 5.31. The minimum atomic E-state index is -0.733. The number of urea groups is 1. The molecule has 0 unspecified atom stereocenters. The molecule has 5 N–H and O–H groups in total. The second-order valence-corrected chi connectivity index (χ2v) is 6.36. The molecule has 1 fully saturated rings. The van der Waals surface area contributed by atoms with Crippen molar-refractivity contribution < 1.29 is 9.59 Å². The van der Waals surface area contributed by atoms with Crippen LogP contribution in [0.3, 0.4) is 0 Å². The Morgan fingerprint density at radius 1 is 1.22 bits per heavy atom. The molecule has 120 valence electrons. The number of primary amides is 2. The molecular weight excluding hydrogens is 314 g/mol. The molecule has 1 saturated heterocycles. The number of aromatic nitrogens is 1. The first-order valence-corrected chi connectivity index (χ1v) is 8.07. The molecule has 3 amide bonds. The van der Waals surface area contributed by atoms with Crippen LogP contribution >= 0.6 is 11.3 Å². The van der Waals surface area contributed by atoms with Crippen LogP contribution in [-0.4, -0.2) is 30.0 Å². The lowest BCUT2D eigenvalue weighted by Gasteiger charge is -2.15. The molecule has 1 aliphatic heterocycles. The number of amides is 3. The first-order valence-electron chi connectivity index (χ1n) is 7.26. The monoisotopic (exact) mass is 331 g/mol. The normalized spacial score (nSPS) is 14.0. The summed E-state index contributed by atoms with van der Waals surface area (Å²) in [4.78, 5) is 30.0. The van der Waals surface area contributed by atoms with Crippen LogP contribution in [0, 0.1) is 0 Å². The number of nitrogens with two attached hydrogens (primary N) is 2. The van der Waals surface area contributed by atoms with E-state index in [1.54, 1.807) is 12.3 Å². The fraction of sp³-hybridized carbons (Fsp3) is 0.267. The lowest BCUT2D eigenvalue weighted by molar-refractivity contribution is 0.100. The molecule has 2 aromatic rings. The van der Waals surface area contributed by atoms with Gasteiger partial charge in [0.05, 0.1) is 5.56 Å². The molecule has 0 radical (unpaired) electrons. The maximum atomic E-state index is 11.5. The lowest BCUT2D eigenvalue weighted by atomic mass is 10.2. The highest BCUT2D eigenvalue weighted by Crippen LogP contribution is 2.35. The Morgan fingerprint density at radius 2 is 1.96 bits per heavy atom. The SMILES string of the molecule is NC(=O)Nc1sc(-c2ccc(N3CCCC3)nc2)cc1C(N)=O. The van der Waals surface area contributed by atoms with Crippen molar-refractivity contribution in [2.75, 3.05) is 23.3 Å². The highest BCUT2D eigenvalue weighted by molar-refractivity contribution is 7.20. The third kappa shape index (κ3) is 3.26. The summed E-state index contributed by atoms with van der Waals surface area (Å²) in [7, 11) is 0. The molecule has 0 spiro atoms. The highest BCUT2D eigenvalue weighted by Gasteiger charge is 2.17. The zero-order valence-corrected chi connectivity index (χ0v) is 13.2. The number of thiophene rings is 1. The Hall–Kier alpha value is -2.61. The predicted molar refractivity (Wildman–Crippen MR) is 90.7 cm³/mol. The van der Waals surface area contributed by atoms with E-state index in [0.717, 1.165) is 29.3 Å². The van der Waals surface area contributed by atoms with Crippen LogP contribution in [0.5, 0.6) is 0 Å². The van der Waals surface area contributed by atoms with Gasteiger partial charge in [-0.25, -0.2) is 9.78 Å². The number of hydrogen-bond acceptors (Lipinski definition) is 5. The van der Waals surface area contributed by atoms with Crippen molar-refractivity contribution in [1.82, 2.24) is 4.98 Å². The van der Waals surface area contributed by atoms with Crippen molar-refractivity contribution in [1.29, 1.82) is 0 Å². The maximum Gasteiger partial charge on any atom is 0.317 e. The number of hydrogen-bond donors (Lipinski definition) is 3. The van der Waals surface area contributed by atoms with E-state index in [-0.39, 0.29) is 5.56 Å². The number of anilines is 2. The molecule has 1 aliphatic rings. The van der Waals surface area contributed by atoms with Crippen molar-refractivity contribution in [2.24, 2.45) is 11.5 Å². The van der Waals surface area contributed by atoms with Crippen LogP contribution in [0.4, 0.5) is 15.6 Å². The van der Waals surface area contributed by atoms with E-state index >= 15 is 0 Å². The van der Waals surface area contributed by atoms with Crippen LogP contribution in [0.15, 0.2) is 24.4 Å². The Balaban J connectivity index is 1.88. The van der Waals surface area contributed by atoms with Crippen molar-refractivity contribution in [3.05, 3.63) is 30.0 Å². The van der Waals surface area contributed by atoms with Crippen molar-refractivity contribution in [2.45, 2.75) is 12.8 Å². The van der Waals surface area contributed by atoms with Gasteiger partial charge in [0.25, 0.3) is 5.91 Å². The highest BCUT2D eigenvalue weighted by atomic mass is 32.1. The lowest BCUT2D eigenvalue weighted by Crippen LogP contribution is -2.21. The molecule has 0 atom stereocenters. The zero-order chi connectivity index (χ0) is 16.4. The maximum absolute atomic E-state index is 11.5. The largest absolute Gasteiger partial charge is 0.366 e. The van der Waals surface area contributed by atoms with E-state index < -0.39 is 11.9 Å². The summed E-state index contributed by atoms with van der Waals surface area (Å²) in [6, 6.07) is 4.82. The van der Waals surface area contributed by atoms with E-state index in [1.165, 1.54) is 24.2 Å². The number of carbonyl (C=O) groups is 2. The number of pyridine rings is 1. The fourth-order valence-corrected chi connectivity index (χ4v) is 3.64. The van der Waals surface area contributed by atoms with E-state index in [4.69, 9.17) is 11.5 Å². The first kappa shape index (κ1) is 15.3. The average Bonchev–Trinajstić information content (AvgIpc) is 3.16. The van der Waals surface area contributed by atoms with Gasteiger partial charge in [0.15, 0.2) is 0 Å². The summed E-state index contributed by atoms with van der Waals surface area (Å²) in [5.41, 5.74) is 11.6. The molecule has 7 nitrogen and oxygen atoms in total. The molecule has 0 aromatic carbocycles. The Kier molecular flexibility index (Phi) is 4.16. The van der Waals surface area contributed by atoms with Crippen molar-refractivity contribution >= 4 is 34.1 Å². The minimum absolute atomic E-state index is 0.243. The Labute approximate surface area is 137 Å². The number of rotatable bonds is 4. The summed E-state index contributed by atoms with van der Waals surface area (Å²) in [5, 5.41) is 2.78. The van der Waals surface area contributed by atoms with Gasteiger partial charge < -0.3 is 16.4 Å². The predicted octanol–water partition coefficient (Wildman–Crippen LogP) is 2.00. The van der Waals surface area contributed by atoms with E-state index in [1.807, 2.05) is 12.1 Å². The number of nitrogens with zero attached hydrogens (tertiary/aromatic N) is 2. The van der Waals surface area contributed by atoms with E-state index in [0.29, 0.717) is 5.00 Å². The van der Waals surface area contributed by atoms with Gasteiger partial charge in [-0.3, -0.25) is 10.1 Å². The molecule has 0 aliphatic carbocycles. The Bertz CT molecular complexity index is 735. The molecule has 2 aromatic heterocycles. The quantitative estimate of drug-likeness (QED) is 0.795. The smallest absolute Gasteiger partial charge is 0.317 e. The second kappa shape index (κ2) is 6.25. The summed E-state index contributed by atoms with van der Waals surface area (Å²) >= 11 is 1.24. The molecule has 3 heterocycles. The molecule has 0 saturated carbocycles. The standard InChI is InChI=1S/C15H17N5O2S/c16-13(21)10-7-11(23-14(10)19-15(17)22)9-3-4-12(18-8-9)20-5-1-2-6-20/h3-4,7-8H,1-2,5-6H2,(H2,16,21)(H3,17,19,22). The number of nitrogens with one attached hydrogen (secondary N) is 1. The van der Waals surface area contributed by atoms with Crippen LogP contribution in [0.1, 0.15) is 23.2 Å². The Morgan fingerprint density at radius 3 is 2.52 bits per heavy atom. The van der Waals surface area contributed by atoms with Gasteiger partial charge in [0, 0.05) is 29.7 Å². The first-order chi connectivity index (χ1) is 11.0. The van der Waals surface area contributed by atoms with Crippen LogP contribution in [0.2, 0.25) is 0 Å². The summed E-state index contributed by atoms with van der Waals surface area (Å²) in [5.74, 6) is 0.339. The zero-order valence-electron chi connectivity index (χ0n) is 12.4. The van der Waals surface area contributed by atoms with Crippen molar-refractivity contribution in [3.63, 3.8) is 0 Å². The van der Waals surface area contributed by atoms with Gasteiger partial charge in [-0.05, 0) is 31.0 Å². The van der Waals surface area contributed by atoms with Crippen LogP contribution in [-0.2, 0) is 0 Å². The van der Waals surface area contributed by atoms with Gasteiger partial charge in [-0.2, -0.15) is 0 Å². The topological polar surface area (TPSA) is 114 Å². The summed E-state index contributed by atoms with van der Waals surface area (Å²) < 4.78 is 0. The fourth-order valence-electron chi connectivity index (χ4n) is 2.59. The van der Waals surface area contributed by atoms with Gasteiger partial charge >= 0.3 is 6.03 Å². The van der Waals surface area contributed by atoms with Gasteiger partial charge in [0.2, 0.25) is 0 Å². The molecule has 8 heteroatoms. The van der Waals surface area contributed by atoms with Gasteiger partial charge in [-0.1, -0.05) is 0 Å².